The zero-order chi connectivity index (χ0) is 13.8. The van der Waals surface area contributed by atoms with Gasteiger partial charge in [0.1, 0.15) is 12.2 Å². The number of aromatic nitrogens is 4. The van der Waals surface area contributed by atoms with Crippen molar-refractivity contribution in [2.75, 3.05) is 12.4 Å². The van der Waals surface area contributed by atoms with Gasteiger partial charge in [0.2, 0.25) is 11.6 Å². The highest BCUT2D eigenvalue weighted by Crippen LogP contribution is 2.28. The highest BCUT2D eigenvalue weighted by atomic mass is 16.6. The van der Waals surface area contributed by atoms with Gasteiger partial charge in [-0.1, -0.05) is 6.92 Å². The monoisotopic (exact) mass is 262 g/mol. The van der Waals surface area contributed by atoms with Crippen LogP contribution < -0.4 is 5.32 Å². The third-order valence-corrected chi connectivity index (χ3v) is 2.64. The summed E-state index contributed by atoms with van der Waals surface area (Å²) in [7, 11) is 1.58. The zero-order valence-electron chi connectivity index (χ0n) is 10.7. The molecule has 0 spiro atoms. The second-order valence-electron chi connectivity index (χ2n) is 3.87. The van der Waals surface area contributed by atoms with Gasteiger partial charge in [0.25, 0.3) is 0 Å². The van der Waals surface area contributed by atoms with E-state index < -0.39 is 4.92 Å². The smallest absolute Gasteiger partial charge is 0.354 e. The molecule has 0 atom stereocenters. The van der Waals surface area contributed by atoms with Gasteiger partial charge in [0, 0.05) is 25.9 Å². The predicted octanol–water partition coefficient (Wildman–Crippen LogP) is 1.56. The first-order valence-electron chi connectivity index (χ1n) is 5.88. The number of hydrogen-bond donors (Lipinski definition) is 1. The first kappa shape index (κ1) is 12.9. The van der Waals surface area contributed by atoms with Gasteiger partial charge < -0.3 is 5.32 Å². The maximum Gasteiger partial charge on any atom is 0.354 e. The van der Waals surface area contributed by atoms with Crippen LogP contribution in [-0.4, -0.2) is 31.5 Å². The van der Waals surface area contributed by atoms with Crippen LogP contribution >= 0.6 is 0 Å². The van der Waals surface area contributed by atoms with Gasteiger partial charge in [-0.3, -0.25) is 14.7 Å². The predicted molar refractivity (Wildman–Crippen MR) is 69.4 cm³/mol. The minimum Gasteiger partial charge on any atom is -0.367 e. The van der Waals surface area contributed by atoms with Crippen molar-refractivity contribution in [3.63, 3.8) is 0 Å². The van der Waals surface area contributed by atoms with Crippen molar-refractivity contribution in [2.24, 2.45) is 0 Å². The van der Waals surface area contributed by atoms with E-state index in [0.29, 0.717) is 0 Å². The van der Waals surface area contributed by atoms with Crippen molar-refractivity contribution in [3.8, 4) is 5.82 Å². The van der Waals surface area contributed by atoms with Gasteiger partial charge in [-0.2, -0.15) is 0 Å². The molecule has 0 saturated heterocycles. The molecule has 8 heteroatoms. The van der Waals surface area contributed by atoms with Gasteiger partial charge in [-0.25, -0.2) is 15.0 Å². The molecule has 0 amide bonds. The fourth-order valence-corrected chi connectivity index (χ4v) is 1.83. The van der Waals surface area contributed by atoms with Crippen molar-refractivity contribution < 1.29 is 4.92 Å². The summed E-state index contributed by atoms with van der Waals surface area (Å²) in [5, 5.41) is 13.9. The van der Waals surface area contributed by atoms with Crippen LogP contribution in [0.15, 0.2) is 18.7 Å². The quantitative estimate of drug-likeness (QED) is 0.648. The first-order chi connectivity index (χ1) is 9.19. The van der Waals surface area contributed by atoms with E-state index in [-0.39, 0.29) is 17.3 Å². The molecule has 1 N–H and O–H groups in total. The largest absolute Gasteiger partial charge is 0.367 e. The number of nitrogens with zero attached hydrogens (tertiary/aromatic N) is 5. The minimum atomic E-state index is -0.489. The third-order valence-electron chi connectivity index (χ3n) is 2.64. The van der Waals surface area contributed by atoms with Gasteiger partial charge >= 0.3 is 5.69 Å². The van der Waals surface area contributed by atoms with Gasteiger partial charge in [0.05, 0.1) is 4.92 Å². The SMILES string of the molecule is CCCc1nccn1-c1ncnc(NC)c1[N+](=O)[O-]. The Labute approximate surface area is 109 Å². The fourth-order valence-electron chi connectivity index (χ4n) is 1.83. The average molecular weight is 262 g/mol. The molecule has 2 aromatic heterocycles. The van der Waals surface area contributed by atoms with Crippen LogP contribution in [0.1, 0.15) is 19.2 Å². The number of nitro groups is 1. The van der Waals surface area contributed by atoms with E-state index >= 15 is 0 Å². The van der Waals surface area contributed by atoms with Crippen LogP contribution in [-0.2, 0) is 6.42 Å². The summed E-state index contributed by atoms with van der Waals surface area (Å²) in [5.41, 5.74) is -0.152. The molecular weight excluding hydrogens is 248 g/mol. The molecule has 2 aromatic rings. The lowest BCUT2D eigenvalue weighted by molar-refractivity contribution is -0.384. The van der Waals surface area contributed by atoms with Crippen molar-refractivity contribution in [2.45, 2.75) is 19.8 Å². The van der Waals surface area contributed by atoms with E-state index in [0.717, 1.165) is 18.7 Å². The number of anilines is 1. The lowest BCUT2D eigenvalue weighted by Crippen LogP contribution is -2.09. The molecule has 0 aliphatic rings. The van der Waals surface area contributed by atoms with Crippen molar-refractivity contribution >= 4 is 11.5 Å². The van der Waals surface area contributed by atoms with E-state index in [2.05, 4.69) is 20.3 Å². The molecule has 0 radical (unpaired) electrons. The number of imidazole rings is 1. The molecule has 19 heavy (non-hydrogen) atoms. The van der Waals surface area contributed by atoms with Crippen LogP contribution in [0.25, 0.3) is 5.82 Å². The first-order valence-corrected chi connectivity index (χ1v) is 5.88. The molecule has 8 nitrogen and oxygen atoms in total. The topological polar surface area (TPSA) is 98.8 Å². The van der Waals surface area contributed by atoms with E-state index in [4.69, 9.17) is 0 Å². The molecule has 0 saturated carbocycles. The summed E-state index contributed by atoms with van der Waals surface area (Å²) in [4.78, 5) is 22.8. The Kier molecular flexibility index (Phi) is 3.69. The Hall–Kier alpha value is -2.51. The van der Waals surface area contributed by atoms with E-state index in [9.17, 15) is 10.1 Å². The van der Waals surface area contributed by atoms with Gasteiger partial charge in [-0.05, 0) is 6.42 Å². The molecule has 2 rings (SSSR count). The average Bonchev–Trinajstić information content (AvgIpc) is 2.86. The van der Waals surface area contributed by atoms with Gasteiger partial charge in [0.15, 0.2) is 0 Å². The summed E-state index contributed by atoms with van der Waals surface area (Å²) < 4.78 is 1.63. The number of rotatable bonds is 5. The molecule has 2 heterocycles. The highest BCUT2D eigenvalue weighted by molar-refractivity contribution is 5.63. The molecule has 0 fully saturated rings. The maximum absolute atomic E-state index is 11.2. The Morgan fingerprint density at radius 1 is 1.42 bits per heavy atom. The Bertz CT molecular complexity index is 595. The summed E-state index contributed by atoms with van der Waals surface area (Å²) in [6.45, 7) is 2.02. The number of hydrogen-bond acceptors (Lipinski definition) is 6. The maximum atomic E-state index is 11.2. The van der Waals surface area contributed by atoms with Crippen LogP contribution in [0.4, 0.5) is 11.5 Å². The van der Waals surface area contributed by atoms with Crippen molar-refractivity contribution in [3.05, 3.63) is 34.7 Å². The lowest BCUT2D eigenvalue weighted by Gasteiger charge is -2.08. The normalized spacial score (nSPS) is 10.4. The summed E-state index contributed by atoms with van der Waals surface area (Å²) in [6.07, 6.45) is 6.19. The second kappa shape index (κ2) is 5.42. The summed E-state index contributed by atoms with van der Waals surface area (Å²) >= 11 is 0. The van der Waals surface area contributed by atoms with Crippen LogP contribution in [0.3, 0.4) is 0 Å². The zero-order valence-corrected chi connectivity index (χ0v) is 10.7. The fraction of sp³-hybridized carbons (Fsp3) is 0.364. The Balaban J connectivity index is 2.61. The Morgan fingerprint density at radius 3 is 2.84 bits per heavy atom. The Morgan fingerprint density at radius 2 is 2.21 bits per heavy atom. The molecule has 0 aromatic carbocycles. The van der Waals surface area contributed by atoms with E-state index in [1.165, 1.54) is 6.33 Å². The molecule has 0 unspecified atom stereocenters. The minimum absolute atomic E-state index is 0.152. The standard InChI is InChI=1S/C11H14N6O2/c1-3-4-8-13-5-6-16(8)11-9(17(18)19)10(12-2)14-7-15-11/h5-7H,3-4H2,1-2H3,(H,12,14,15). The highest BCUT2D eigenvalue weighted by Gasteiger charge is 2.24. The number of nitrogens with one attached hydrogen (secondary N) is 1. The molecule has 0 aliphatic carbocycles. The van der Waals surface area contributed by atoms with E-state index in [1.807, 2.05) is 6.92 Å². The van der Waals surface area contributed by atoms with Crippen LogP contribution in [0, 0.1) is 10.1 Å². The third kappa shape index (κ3) is 2.37. The van der Waals surface area contributed by atoms with Crippen molar-refractivity contribution in [1.82, 2.24) is 19.5 Å². The van der Waals surface area contributed by atoms with Crippen LogP contribution in [0.5, 0.6) is 0 Å². The van der Waals surface area contributed by atoms with Crippen LogP contribution in [0.2, 0.25) is 0 Å². The summed E-state index contributed by atoms with van der Waals surface area (Å²) in [5.74, 6) is 1.16. The lowest BCUT2D eigenvalue weighted by atomic mass is 10.3. The van der Waals surface area contributed by atoms with Crippen molar-refractivity contribution in [1.29, 1.82) is 0 Å². The van der Waals surface area contributed by atoms with E-state index in [1.54, 1.807) is 24.0 Å². The molecule has 0 aliphatic heterocycles. The molecular formula is C11H14N6O2. The second-order valence-corrected chi connectivity index (χ2v) is 3.87. The summed E-state index contributed by atoms with van der Waals surface area (Å²) in [6, 6.07) is 0. The number of aryl methyl sites for hydroxylation is 1. The molecule has 100 valence electrons. The van der Waals surface area contributed by atoms with Gasteiger partial charge in [-0.15, -0.1) is 0 Å². The molecule has 0 bridgehead atoms.